The number of carbonyl (C=O) groups is 1. The molecule has 1 amide bonds. The molecule has 100 valence electrons. The SMILES string of the molecule is CNc1ccc(C)cc1C(=O)NCc1nc(C)no1. The predicted molar refractivity (Wildman–Crippen MR) is 70.9 cm³/mol. The van der Waals surface area contributed by atoms with Crippen LogP contribution in [0.3, 0.4) is 0 Å². The minimum absolute atomic E-state index is 0.177. The van der Waals surface area contributed by atoms with Gasteiger partial charge in [0.1, 0.15) is 0 Å². The number of nitrogens with zero attached hydrogens (tertiary/aromatic N) is 2. The first kappa shape index (κ1) is 13.1. The Balaban J connectivity index is 2.09. The van der Waals surface area contributed by atoms with Gasteiger partial charge in [0.25, 0.3) is 5.91 Å². The minimum atomic E-state index is -0.177. The summed E-state index contributed by atoms with van der Waals surface area (Å²) in [5, 5.41) is 9.41. The summed E-state index contributed by atoms with van der Waals surface area (Å²) in [4.78, 5) is 16.1. The summed E-state index contributed by atoms with van der Waals surface area (Å²) in [5.41, 5.74) is 2.40. The Kier molecular flexibility index (Phi) is 3.79. The summed E-state index contributed by atoms with van der Waals surface area (Å²) in [7, 11) is 1.78. The highest BCUT2D eigenvalue weighted by Crippen LogP contribution is 2.16. The molecule has 0 spiro atoms. The molecular formula is C13H16N4O2. The summed E-state index contributed by atoms with van der Waals surface area (Å²) >= 11 is 0. The van der Waals surface area contributed by atoms with Gasteiger partial charge in [-0.1, -0.05) is 16.8 Å². The molecule has 0 unspecified atom stereocenters. The third-order valence-corrected chi connectivity index (χ3v) is 2.66. The topological polar surface area (TPSA) is 80.0 Å². The molecule has 0 saturated carbocycles. The van der Waals surface area contributed by atoms with Crippen molar-refractivity contribution in [2.24, 2.45) is 0 Å². The maximum absolute atomic E-state index is 12.1. The summed E-state index contributed by atoms with van der Waals surface area (Å²) in [6.45, 7) is 3.89. The standard InChI is InChI=1S/C13H16N4O2/c1-8-4-5-11(14-3)10(6-8)13(18)15-7-12-16-9(2)17-19-12/h4-6,14H,7H2,1-3H3,(H,15,18). The van der Waals surface area contributed by atoms with Crippen molar-refractivity contribution >= 4 is 11.6 Å². The number of aryl methyl sites for hydroxylation is 2. The fourth-order valence-electron chi connectivity index (χ4n) is 1.73. The van der Waals surface area contributed by atoms with Gasteiger partial charge < -0.3 is 15.2 Å². The van der Waals surface area contributed by atoms with E-state index in [1.54, 1.807) is 14.0 Å². The van der Waals surface area contributed by atoms with Gasteiger partial charge in [0, 0.05) is 12.7 Å². The monoisotopic (exact) mass is 260 g/mol. The normalized spacial score (nSPS) is 10.3. The Morgan fingerprint density at radius 2 is 2.16 bits per heavy atom. The number of carbonyl (C=O) groups excluding carboxylic acids is 1. The Morgan fingerprint density at radius 3 is 2.79 bits per heavy atom. The second-order valence-corrected chi connectivity index (χ2v) is 4.22. The predicted octanol–water partition coefficient (Wildman–Crippen LogP) is 1.66. The fraction of sp³-hybridized carbons (Fsp3) is 0.308. The highest BCUT2D eigenvalue weighted by atomic mass is 16.5. The van der Waals surface area contributed by atoms with Gasteiger partial charge in [-0.15, -0.1) is 0 Å². The third kappa shape index (κ3) is 3.09. The lowest BCUT2D eigenvalue weighted by Gasteiger charge is -2.09. The average molecular weight is 260 g/mol. The summed E-state index contributed by atoms with van der Waals surface area (Å²) < 4.78 is 4.94. The molecule has 0 aliphatic carbocycles. The van der Waals surface area contributed by atoms with Crippen LogP contribution in [-0.2, 0) is 6.54 Å². The molecule has 0 radical (unpaired) electrons. The molecule has 0 saturated heterocycles. The second-order valence-electron chi connectivity index (χ2n) is 4.22. The number of amides is 1. The molecule has 6 nitrogen and oxygen atoms in total. The van der Waals surface area contributed by atoms with E-state index in [-0.39, 0.29) is 12.5 Å². The first-order chi connectivity index (χ1) is 9.10. The van der Waals surface area contributed by atoms with E-state index in [1.165, 1.54) is 0 Å². The van der Waals surface area contributed by atoms with Crippen molar-refractivity contribution in [1.29, 1.82) is 0 Å². The van der Waals surface area contributed by atoms with Crippen LogP contribution in [0.2, 0.25) is 0 Å². The third-order valence-electron chi connectivity index (χ3n) is 2.66. The van der Waals surface area contributed by atoms with Crippen LogP contribution < -0.4 is 10.6 Å². The molecule has 19 heavy (non-hydrogen) atoms. The van der Waals surface area contributed by atoms with Crippen LogP contribution >= 0.6 is 0 Å². The fourth-order valence-corrected chi connectivity index (χ4v) is 1.73. The Labute approximate surface area is 111 Å². The van der Waals surface area contributed by atoms with Crippen molar-refractivity contribution in [3.8, 4) is 0 Å². The van der Waals surface area contributed by atoms with Gasteiger partial charge in [0.2, 0.25) is 5.89 Å². The highest BCUT2D eigenvalue weighted by Gasteiger charge is 2.12. The molecule has 0 atom stereocenters. The van der Waals surface area contributed by atoms with Crippen LogP contribution in [0.1, 0.15) is 27.6 Å². The van der Waals surface area contributed by atoms with Gasteiger partial charge in [0.05, 0.1) is 12.1 Å². The Bertz CT molecular complexity index is 592. The first-order valence-electron chi connectivity index (χ1n) is 5.96. The van der Waals surface area contributed by atoms with E-state index < -0.39 is 0 Å². The average Bonchev–Trinajstić information content (AvgIpc) is 2.81. The van der Waals surface area contributed by atoms with E-state index in [0.29, 0.717) is 17.3 Å². The van der Waals surface area contributed by atoms with E-state index >= 15 is 0 Å². The zero-order valence-electron chi connectivity index (χ0n) is 11.2. The molecule has 0 aliphatic heterocycles. The van der Waals surface area contributed by atoms with Crippen molar-refractivity contribution in [3.63, 3.8) is 0 Å². The number of anilines is 1. The van der Waals surface area contributed by atoms with Crippen LogP contribution in [0.25, 0.3) is 0 Å². The molecular weight excluding hydrogens is 244 g/mol. The lowest BCUT2D eigenvalue weighted by molar-refractivity contribution is 0.0947. The molecule has 0 bridgehead atoms. The molecule has 2 aromatic rings. The van der Waals surface area contributed by atoms with E-state index in [9.17, 15) is 4.79 Å². The quantitative estimate of drug-likeness (QED) is 0.873. The number of hydrogen-bond acceptors (Lipinski definition) is 5. The van der Waals surface area contributed by atoms with Crippen molar-refractivity contribution in [2.45, 2.75) is 20.4 Å². The largest absolute Gasteiger partial charge is 0.387 e. The van der Waals surface area contributed by atoms with Crippen LogP contribution in [-0.4, -0.2) is 23.1 Å². The molecule has 1 aromatic carbocycles. The van der Waals surface area contributed by atoms with Crippen molar-refractivity contribution in [3.05, 3.63) is 41.0 Å². The van der Waals surface area contributed by atoms with Crippen molar-refractivity contribution in [1.82, 2.24) is 15.5 Å². The van der Waals surface area contributed by atoms with Gasteiger partial charge in [-0.25, -0.2) is 0 Å². The second kappa shape index (κ2) is 5.51. The van der Waals surface area contributed by atoms with E-state index in [0.717, 1.165) is 11.3 Å². The molecule has 1 aromatic heterocycles. The lowest BCUT2D eigenvalue weighted by Crippen LogP contribution is -2.24. The van der Waals surface area contributed by atoms with Crippen LogP contribution in [0, 0.1) is 13.8 Å². The lowest BCUT2D eigenvalue weighted by atomic mass is 10.1. The van der Waals surface area contributed by atoms with Crippen molar-refractivity contribution < 1.29 is 9.32 Å². The van der Waals surface area contributed by atoms with Crippen LogP contribution in [0.5, 0.6) is 0 Å². The Hall–Kier alpha value is -2.37. The minimum Gasteiger partial charge on any atom is -0.387 e. The van der Waals surface area contributed by atoms with Gasteiger partial charge in [0.15, 0.2) is 5.82 Å². The van der Waals surface area contributed by atoms with Crippen LogP contribution in [0.4, 0.5) is 5.69 Å². The number of benzene rings is 1. The van der Waals surface area contributed by atoms with Crippen LogP contribution in [0.15, 0.2) is 22.7 Å². The van der Waals surface area contributed by atoms with E-state index in [1.807, 2.05) is 25.1 Å². The maximum Gasteiger partial charge on any atom is 0.253 e. The number of aromatic nitrogens is 2. The molecule has 0 aliphatic rings. The zero-order valence-corrected chi connectivity index (χ0v) is 11.2. The summed E-state index contributed by atoms with van der Waals surface area (Å²) in [5.74, 6) is 0.768. The van der Waals surface area contributed by atoms with E-state index in [2.05, 4.69) is 20.8 Å². The number of hydrogen-bond donors (Lipinski definition) is 2. The molecule has 1 heterocycles. The molecule has 2 N–H and O–H groups in total. The van der Waals surface area contributed by atoms with Gasteiger partial charge in [-0.2, -0.15) is 4.98 Å². The van der Waals surface area contributed by atoms with Gasteiger partial charge in [-0.3, -0.25) is 4.79 Å². The number of rotatable bonds is 4. The summed E-state index contributed by atoms with van der Waals surface area (Å²) in [6, 6.07) is 5.66. The first-order valence-corrected chi connectivity index (χ1v) is 5.96. The Morgan fingerprint density at radius 1 is 1.37 bits per heavy atom. The van der Waals surface area contributed by atoms with Gasteiger partial charge >= 0.3 is 0 Å². The smallest absolute Gasteiger partial charge is 0.253 e. The zero-order chi connectivity index (χ0) is 13.8. The van der Waals surface area contributed by atoms with Crippen molar-refractivity contribution in [2.75, 3.05) is 12.4 Å². The maximum atomic E-state index is 12.1. The highest BCUT2D eigenvalue weighted by molar-refractivity contribution is 5.99. The molecule has 6 heteroatoms. The number of nitrogens with one attached hydrogen (secondary N) is 2. The molecule has 0 fully saturated rings. The molecule has 2 rings (SSSR count). The van der Waals surface area contributed by atoms with E-state index in [4.69, 9.17) is 4.52 Å². The summed E-state index contributed by atoms with van der Waals surface area (Å²) in [6.07, 6.45) is 0. The van der Waals surface area contributed by atoms with Gasteiger partial charge in [-0.05, 0) is 26.0 Å².